The largest absolute Gasteiger partial charge is 0.478 e. The lowest BCUT2D eigenvalue weighted by atomic mass is 10.1. The number of hydroxylamine groups is 1. The molecule has 8 nitrogen and oxygen atoms in total. The molecule has 3 rings (SSSR count). The smallest absolute Gasteiger partial charge is 0.339 e. The predicted octanol–water partition coefficient (Wildman–Crippen LogP) is 0.364. The van der Waals surface area contributed by atoms with E-state index in [1.54, 1.807) is 12.1 Å². The molecule has 0 aliphatic carbocycles. The van der Waals surface area contributed by atoms with Gasteiger partial charge in [0.25, 0.3) is 5.66 Å². The highest BCUT2D eigenvalue weighted by Crippen LogP contribution is 2.22. The van der Waals surface area contributed by atoms with Crippen molar-refractivity contribution in [3.8, 4) is 5.75 Å². The Kier molecular flexibility index (Phi) is 3.20. The number of benzene rings is 1. The van der Waals surface area contributed by atoms with E-state index in [1.807, 2.05) is 0 Å². The highest BCUT2D eigenvalue weighted by Gasteiger charge is 2.45. The third-order valence-electron chi connectivity index (χ3n) is 2.90. The summed E-state index contributed by atoms with van der Waals surface area (Å²) < 4.78 is 0. The first-order valence-corrected chi connectivity index (χ1v) is 6.26. The van der Waals surface area contributed by atoms with Crippen molar-refractivity contribution in [3.63, 3.8) is 0 Å². The van der Waals surface area contributed by atoms with Gasteiger partial charge in [-0.2, -0.15) is 0 Å². The Hall–Kier alpha value is -2.65. The fourth-order valence-corrected chi connectivity index (χ4v) is 2.09. The van der Waals surface area contributed by atoms with Crippen LogP contribution in [-0.4, -0.2) is 40.2 Å². The van der Waals surface area contributed by atoms with Crippen molar-refractivity contribution in [2.75, 3.05) is 0 Å². The summed E-state index contributed by atoms with van der Waals surface area (Å²) >= 11 is 5.16. The van der Waals surface area contributed by atoms with E-state index >= 15 is 0 Å². The number of hydrogen-bond acceptors (Lipinski definition) is 7. The van der Waals surface area contributed by atoms with Gasteiger partial charge < -0.3 is 15.3 Å². The summed E-state index contributed by atoms with van der Waals surface area (Å²) in [5, 5.41) is 11.9. The summed E-state index contributed by atoms with van der Waals surface area (Å²) in [7, 11) is 0. The molecule has 0 fully saturated rings. The zero-order valence-electron chi connectivity index (χ0n) is 10.5. The van der Waals surface area contributed by atoms with E-state index in [9.17, 15) is 4.79 Å². The maximum Gasteiger partial charge on any atom is 0.339 e. The van der Waals surface area contributed by atoms with Gasteiger partial charge in [-0.05, 0) is 12.1 Å². The molecule has 2 aliphatic rings. The van der Waals surface area contributed by atoms with Crippen molar-refractivity contribution in [2.45, 2.75) is 5.66 Å². The maximum absolute atomic E-state index is 11.1. The first-order chi connectivity index (χ1) is 10.1. The zero-order chi connectivity index (χ0) is 14.9. The highest BCUT2D eigenvalue weighted by atomic mass is 32.1. The van der Waals surface area contributed by atoms with Crippen LogP contribution in [0.4, 0.5) is 0 Å². The minimum Gasteiger partial charge on any atom is -0.478 e. The molecule has 1 aromatic carbocycles. The number of para-hydroxylation sites is 1. The molecule has 0 bridgehead atoms. The Morgan fingerprint density at radius 1 is 1.43 bits per heavy atom. The van der Waals surface area contributed by atoms with Gasteiger partial charge >= 0.3 is 5.97 Å². The lowest BCUT2D eigenvalue weighted by Gasteiger charge is -2.29. The van der Waals surface area contributed by atoms with Gasteiger partial charge in [-0.25, -0.2) is 19.8 Å². The van der Waals surface area contributed by atoms with Gasteiger partial charge in [0, 0.05) is 0 Å². The summed E-state index contributed by atoms with van der Waals surface area (Å²) in [6.07, 6.45) is 2.73. The molecule has 2 heterocycles. The number of thiocarbonyl (C=S) groups is 1. The van der Waals surface area contributed by atoms with Crippen molar-refractivity contribution < 1.29 is 14.7 Å². The monoisotopic (exact) mass is 303 g/mol. The van der Waals surface area contributed by atoms with Crippen LogP contribution in [0.5, 0.6) is 5.75 Å². The number of carboxylic acid groups (broad SMARTS) is 1. The minimum atomic E-state index is -1.24. The quantitative estimate of drug-likeness (QED) is 0.548. The van der Waals surface area contributed by atoms with Crippen molar-refractivity contribution >= 4 is 41.7 Å². The summed E-state index contributed by atoms with van der Waals surface area (Å²) in [5.74, 6) is -0.551. The lowest BCUT2D eigenvalue weighted by molar-refractivity contribution is 0.0685. The number of rotatable bonds is 4. The Morgan fingerprint density at radius 3 is 3.05 bits per heavy atom. The van der Waals surface area contributed by atoms with Crippen LogP contribution < -0.4 is 15.6 Å². The number of hydrogen-bond donors (Lipinski definition) is 3. The molecule has 0 aromatic heterocycles. The van der Waals surface area contributed by atoms with Crippen LogP contribution in [0.25, 0.3) is 0 Å². The average Bonchev–Trinajstić information content (AvgIpc) is 2.91. The van der Waals surface area contributed by atoms with Crippen molar-refractivity contribution in [3.05, 3.63) is 29.8 Å². The van der Waals surface area contributed by atoms with Gasteiger partial charge in [0.2, 0.25) is 0 Å². The summed E-state index contributed by atoms with van der Waals surface area (Å²) in [6.45, 7) is 0. The van der Waals surface area contributed by atoms with E-state index in [4.69, 9.17) is 22.2 Å². The van der Waals surface area contributed by atoms with Crippen LogP contribution in [0.3, 0.4) is 0 Å². The number of aromatic carboxylic acids is 1. The second-order valence-corrected chi connectivity index (χ2v) is 4.53. The topological polar surface area (TPSA) is 108 Å². The van der Waals surface area contributed by atoms with Crippen LogP contribution in [0.2, 0.25) is 0 Å². The Balaban J connectivity index is 1.87. The molecule has 1 unspecified atom stereocenters. The molecular formula is C12H9N5O3S. The van der Waals surface area contributed by atoms with Crippen LogP contribution >= 0.6 is 12.2 Å². The first kappa shape index (κ1) is 13.3. The van der Waals surface area contributed by atoms with Gasteiger partial charge in [0.1, 0.15) is 11.9 Å². The number of carbonyl (C=O) groups is 1. The van der Waals surface area contributed by atoms with Gasteiger partial charge in [0.15, 0.2) is 16.6 Å². The number of nitrogens with zero attached hydrogens (tertiary/aromatic N) is 3. The average molecular weight is 303 g/mol. The van der Waals surface area contributed by atoms with Gasteiger partial charge in [0.05, 0.1) is 6.34 Å². The summed E-state index contributed by atoms with van der Waals surface area (Å²) in [4.78, 5) is 28.8. The standard InChI is InChI=1S/C12H9N5O3S/c18-9(19)7-3-1-2-4-8(7)20-17-12-10(14-6-16-12)13-5-15-11(12)21/h1-6,17H,(H,18,19)(H,13,14,15,16,21). The van der Waals surface area contributed by atoms with Crippen LogP contribution in [0.15, 0.2) is 39.2 Å². The van der Waals surface area contributed by atoms with E-state index in [2.05, 4.69) is 25.8 Å². The number of amidine groups is 1. The molecule has 21 heavy (non-hydrogen) atoms. The molecule has 0 saturated carbocycles. The number of fused-ring (bicyclic) bond motifs is 1. The van der Waals surface area contributed by atoms with Crippen LogP contribution in [0.1, 0.15) is 10.4 Å². The fourth-order valence-electron chi connectivity index (χ4n) is 1.85. The SMILES string of the molecule is O=C(O)c1ccccc1ONC12N=CN=C1NC=NC2=S. The predicted molar refractivity (Wildman–Crippen MR) is 80.0 cm³/mol. The van der Waals surface area contributed by atoms with Gasteiger partial charge in [-0.15, -0.1) is 5.48 Å². The van der Waals surface area contributed by atoms with Crippen LogP contribution in [0, 0.1) is 0 Å². The summed E-state index contributed by atoms with van der Waals surface area (Å²) in [5.41, 5.74) is 1.42. The first-order valence-electron chi connectivity index (χ1n) is 5.85. The molecule has 0 radical (unpaired) electrons. The molecule has 0 saturated heterocycles. The minimum absolute atomic E-state index is 0.0139. The zero-order valence-corrected chi connectivity index (χ0v) is 11.3. The lowest BCUT2D eigenvalue weighted by Crippen LogP contribution is -2.61. The second-order valence-electron chi connectivity index (χ2n) is 4.15. The molecule has 9 heteroatoms. The number of carboxylic acids is 1. The molecule has 0 spiro atoms. The Morgan fingerprint density at radius 2 is 2.24 bits per heavy atom. The number of aliphatic imine (C=N–C) groups is 3. The normalized spacial score (nSPS) is 22.5. The third-order valence-corrected chi connectivity index (χ3v) is 3.30. The fraction of sp³-hybridized carbons (Fsp3) is 0.0833. The highest BCUT2D eigenvalue weighted by molar-refractivity contribution is 7.80. The van der Waals surface area contributed by atoms with E-state index in [1.165, 1.54) is 24.8 Å². The molecule has 0 amide bonds. The second kappa shape index (κ2) is 5.04. The van der Waals surface area contributed by atoms with E-state index in [0.29, 0.717) is 5.84 Å². The number of nitrogens with one attached hydrogen (secondary N) is 2. The molecule has 3 N–H and O–H groups in total. The molecule has 2 aliphatic heterocycles. The van der Waals surface area contributed by atoms with Crippen molar-refractivity contribution in [1.82, 2.24) is 10.8 Å². The van der Waals surface area contributed by atoms with E-state index < -0.39 is 11.6 Å². The van der Waals surface area contributed by atoms with E-state index in [0.717, 1.165) is 0 Å². The maximum atomic E-state index is 11.1. The summed E-state index contributed by atoms with van der Waals surface area (Å²) in [6, 6.07) is 6.21. The van der Waals surface area contributed by atoms with E-state index in [-0.39, 0.29) is 16.3 Å². The molecule has 106 valence electrons. The third kappa shape index (κ3) is 2.18. The van der Waals surface area contributed by atoms with Crippen molar-refractivity contribution in [2.24, 2.45) is 15.0 Å². The molecular weight excluding hydrogens is 294 g/mol. The van der Waals surface area contributed by atoms with Crippen LogP contribution in [-0.2, 0) is 0 Å². The van der Waals surface area contributed by atoms with Gasteiger partial charge in [-0.1, -0.05) is 24.4 Å². The molecule has 1 atom stereocenters. The Labute approximate surface area is 124 Å². The van der Waals surface area contributed by atoms with Crippen molar-refractivity contribution in [1.29, 1.82) is 0 Å². The Bertz CT molecular complexity index is 715. The van der Waals surface area contributed by atoms with Gasteiger partial charge in [-0.3, -0.25) is 0 Å². The molecule has 1 aromatic rings.